The van der Waals surface area contributed by atoms with Crippen molar-refractivity contribution in [3.05, 3.63) is 40.9 Å². The quantitative estimate of drug-likeness (QED) is 0.817. The minimum Gasteiger partial charge on any atom is -0.511 e. The van der Waals surface area contributed by atoms with Crippen LogP contribution in [-0.4, -0.2) is 17.4 Å². The lowest BCUT2D eigenvalue weighted by atomic mass is 10.1. The highest BCUT2D eigenvalue weighted by molar-refractivity contribution is 9.10. The Hall–Kier alpha value is -1.04. The van der Waals surface area contributed by atoms with Crippen LogP contribution in [0.2, 0.25) is 0 Å². The summed E-state index contributed by atoms with van der Waals surface area (Å²) in [5, 5.41) is 19.3. The molecule has 5 heteroatoms. The summed E-state index contributed by atoms with van der Waals surface area (Å²) in [5.74, 6) is 0.440. The second-order valence-electron chi connectivity index (χ2n) is 3.04. The predicted octanol–water partition coefficient (Wildman–Crippen LogP) is 1.95. The summed E-state index contributed by atoms with van der Waals surface area (Å²) in [6, 6.07) is 11.1. The molecule has 0 spiro atoms. The Labute approximate surface area is 95.6 Å². The van der Waals surface area contributed by atoms with E-state index in [9.17, 15) is 0 Å². The molecular formula is C10H8BBrO3. The van der Waals surface area contributed by atoms with Crippen LogP contribution < -0.4 is 4.65 Å². The lowest BCUT2D eigenvalue weighted by molar-refractivity contribution is 0.289. The van der Waals surface area contributed by atoms with Gasteiger partial charge in [-0.15, -0.1) is 0 Å². The molecule has 0 fully saturated rings. The van der Waals surface area contributed by atoms with E-state index in [0.29, 0.717) is 5.75 Å². The van der Waals surface area contributed by atoms with Crippen LogP contribution >= 0.6 is 15.9 Å². The van der Waals surface area contributed by atoms with E-state index >= 15 is 0 Å². The normalized spacial score (nSPS) is 10.3. The van der Waals surface area contributed by atoms with Crippen LogP contribution in [-0.2, 0) is 0 Å². The first-order chi connectivity index (χ1) is 7.18. The van der Waals surface area contributed by atoms with E-state index in [1.54, 1.807) is 12.1 Å². The van der Waals surface area contributed by atoms with E-state index in [4.69, 9.17) is 14.7 Å². The van der Waals surface area contributed by atoms with Gasteiger partial charge in [-0.3, -0.25) is 0 Å². The molecule has 2 aromatic carbocycles. The zero-order chi connectivity index (χ0) is 10.8. The summed E-state index contributed by atoms with van der Waals surface area (Å²) < 4.78 is 5.75. The van der Waals surface area contributed by atoms with Gasteiger partial charge < -0.3 is 14.7 Å². The van der Waals surface area contributed by atoms with Crippen molar-refractivity contribution in [2.75, 3.05) is 0 Å². The van der Waals surface area contributed by atoms with Gasteiger partial charge in [-0.2, -0.15) is 0 Å². The molecule has 76 valence electrons. The second-order valence-corrected chi connectivity index (χ2v) is 3.89. The van der Waals surface area contributed by atoms with Gasteiger partial charge in [0.05, 0.1) is 0 Å². The van der Waals surface area contributed by atoms with Crippen molar-refractivity contribution in [2.45, 2.75) is 0 Å². The zero-order valence-electron chi connectivity index (χ0n) is 7.72. The maximum absolute atomic E-state index is 8.77. The van der Waals surface area contributed by atoms with Crippen molar-refractivity contribution < 1.29 is 14.7 Å². The largest absolute Gasteiger partial charge is 0.707 e. The van der Waals surface area contributed by atoms with E-state index in [1.165, 1.54) is 0 Å². The Kier molecular flexibility index (Phi) is 2.95. The Bertz CT molecular complexity index is 482. The van der Waals surface area contributed by atoms with Gasteiger partial charge in [0.25, 0.3) is 0 Å². The van der Waals surface area contributed by atoms with Crippen molar-refractivity contribution in [2.24, 2.45) is 0 Å². The molecule has 0 amide bonds. The number of hydrogen-bond donors (Lipinski definition) is 2. The van der Waals surface area contributed by atoms with Gasteiger partial charge in [-0.1, -0.05) is 40.2 Å². The van der Waals surface area contributed by atoms with Crippen molar-refractivity contribution >= 4 is 34.0 Å². The Balaban J connectivity index is 2.63. The summed E-state index contributed by atoms with van der Waals surface area (Å²) in [6.07, 6.45) is 0. The summed E-state index contributed by atoms with van der Waals surface area (Å²) >= 11 is 3.39. The van der Waals surface area contributed by atoms with E-state index in [1.807, 2.05) is 24.3 Å². The molecule has 0 bridgehead atoms. The molecule has 0 aliphatic carbocycles. The maximum atomic E-state index is 8.77. The second kappa shape index (κ2) is 4.22. The molecule has 2 aromatic rings. The molecule has 0 aliphatic rings. The molecule has 0 saturated heterocycles. The molecule has 0 aromatic heterocycles. The molecule has 0 unspecified atom stereocenters. The maximum Gasteiger partial charge on any atom is 0.707 e. The summed E-state index contributed by atoms with van der Waals surface area (Å²) in [4.78, 5) is 0. The number of fused-ring (bicyclic) bond motifs is 1. The zero-order valence-corrected chi connectivity index (χ0v) is 9.31. The van der Waals surface area contributed by atoms with Gasteiger partial charge >= 0.3 is 7.32 Å². The molecule has 0 aliphatic heterocycles. The number of rotatable bonds is 2. The molecule has 2 rings (SSSR count). The van der Waals surface area contributed by atoms with Gasteiger partial charge in [0, 0.05) is 9.86 Å². The number of hydrogen-bond acceptors (Lipinski definition) is 3. The van der Waals surface area contributed by atoms with Crippen LogP contribution in [0.1, 0.15) is 0 Å². The van der Waals surface area contributed by atoms with Gasteiger partial charge in [-0.05, 0) is 17.5 Å². The Morgan fingerprint density at radius 3 is 2.40 bits per heavy atom. The predicted molar refractivity (Wildman–Crippen MR) is 62.5 cm³/mol. The Morgan fingerprint density at radius 1 is 1.07 bits per heavy atom. The SMILES string of the molecule is OB(O)Oc1cccc2cccc(Br)c12. The van der Waals surface area contributed by atoms with Gasteiger partial charge in [0.2, 0.25) is 0 Å². The highest BCUT2D eigenvalue weighted by Gasteiger charge is 2.14. The summed E-state index contributed by atoms with van der Waals surface area (Å²) in [7, 11) is -1.80. The average Bonchev–Trinajstić information content (AvgIpc) is 2.17. The first-order valence-corrected chi connectivity index (χ1v) is 5.18. The van der Waals surface area contributed by atoms with Crippen LogP contribution in [0.3, 0.4) is 0 Å². The van der Waals surface area contributed by atoms with Crippen molar-refractivity contribution in [1.29, 1.82) is 0 Å². The van der Waals surface area contributed by atoms with E-state index in [0.717, 1.165) is 15.2 Å². The Morgan fingerprint density at radius 2 is 1.73 bits per heavy atom. The highest BCUT2D eigenvalue weighted by Crippen LogP contribution is 2.32. The van der Waals surface area contributed by atoms with Crippen LogP contribution in [0.15, 0.2) is 40.9 Å². The first-order valence-electron chi connectivity index (χ1n) is 4.38. The lowest BCUT2D eigenvalue weighted by Crippen LogP contribution is -2.20. The average molecular weight is 267 g/mol. The summed E-state index contributed by atoms with van der Waals surface area (Å²) in [6.45, 7) is 0. The molecule has 15 heavy (non-hydrogen) atoms. The molecule has 0 saturated carbocycles. The van der Waals surface area contributed by atoms with Crippen LogP contribution in [0, 0.1) is 0 Å². The molecule has 2 N–H and O–H groups in total. The van der Waals surface area contributed by atoms with Crippen LogP contribution in [0.4, 0.5) is 0 Å². The third kappa shape index (κ3) is 2.14. The summed E-state index contributed by atoms with van der Waals surface area (Å²) in [5.41, 5.74) is 0. The fraction of sp³-hybridized carbons (Fsp3) is 0. The topological polar surface area (TPSA) is 49.7 Å². The smallest absolute Gasteiger partial charge is 0.511 e. The van der Waals surface area contributed by atoms with Crippen molar-refractivity contribution in [3.8, 4) is 5.75 Å². The standard InChI is InChI=1S/C10H8BBrO3/c12-8-5-1-3-7-4-2-6-9(10(7)8)15-11(13)14/h1-6,13-14H. The van der Waals surface area contributed by atoms with E-state index < -0.39 is 7.32 Å². The van der Waals surface area contributed by atoms with E-state index in [2.05, 4.69) is 15.9 Å². The molecular weight excluding hydrogens is 259 g/mol. The number of benzene rings is 2. The number of halogens is 1. The minimum atomic E-state index is -1.80. The molecule has 0 radical (unpaired) electrons. The van der Waals surface area contributed by atoms with Crippen LogP contribution in [0.25, 0.3) is 10.8 Å². The van der Waals surface area contributed by atoms with Gasteiger partial charge in [0.15, 0.2) is 0 Å². The first kappa shape index (κ1) is 10.5. The van der Waals surface area contributed by atoms with Crippen molar-refractivity contribution in [1.82, 2.24) is 0 Å². The molecule has 3 nitrogen and oxygen atoms in total. The van der Waals surface area contributed by atoms with Crippen LogP contribution in [0.5, 0.6) is 5.75 Å². The highest BCUT2D eigenvalue weighted by atomic mass is 79.9. The fourth-order valence-electron chi connectivity index (χ4n) is 1.47. The third-order valence-corrected chi connectivity index (χ3v) is 2.71. The lowest BCUT2D eigenvalue weighted by Gasteiger charge is -2.09. The van der Waals surface area contributed by atoms with Gasteiger partial charge in [0.1, 0.15) is 5.75 Å². The molecule has 0 heterocycles. The van der Waals surface area contributed by atoms with Crippen molar-refractivity contribution in [3.63, 3.8) is 0 Å². The van der Waals surface area contributed by atoms with E-state index in [-0.39, 0.29) is 0 Å². The minimum absolute atomic E-state index is 0.440. The monoisotopic (exact) mass is 266 g/mol. The molecule has 0 atom stereocenters. The third-order valence-electron chi connectivity index (χ3n) is 2.05. The van der Waals surface area contributed by atoms with Gasteiger partial charge in [-0.25, -0.2) is 0 Å². The fourth-order valence-corrected chi connectivity index (χ4v) is 2.05.